The maximum Gasteiger partial charge on any atom is 0.218 e. The van der Waals surface area contributed by atoms with Crippen molar-refractivity contribution in [2.45, 2.75) is 6.92 Å². The van der Waals surface area contributed by atoms with Gasteiger partial charge in [0.2, 0.25) is 5.91 Å². The quantitative estimate of drug-likeness (QED) is 0.593. The van der Waals surface area contributed by atoms with Crippen LogP contribution in [0.2, 0.25) is 0 Å². The van der Waals surface area contributed by atoms with Gasteiger partial charge < -0.3 is 9.88 Å². The molecule has 0 atom stereocenters. The number of H-pyrrole nitrogens is 1. The van der Waals surface area contributed by atoms with Crippen molar-refractivity contribution >= 4 is 5.91 Å². The van der Waals surface area contributed by atoms with E-state index in [1.807, 2.05) is 0 Å². The number of nitrogens with one attached hydrogen (secondary N) is 1. The Kier molecular flexibility index (Phi) is 4.81. The standard InChI is InChI=1S/C4H9NO.C3H4N2/c1-4(6)5(2)3;1-2-5-3-4-1/h1-3H3;1-3H,(H,4,5). The molecule has 4 nitrogen and oxygen atoms in total. The molecular weight excluding hydrogens is 142 g/mol. The first kappa shape index (κ1) is 9.68. The topological polar surface area (TPSA) is 49.0 Å². The smallest absolute Gasteiger partial charge is 0.218 e. The van der Waals surface area contributed by atoms with Crippen molar-refractivity contribution in [3.8, 4) is 0 Å². The molecular formula is C7H13N3O. The average molecular weight is 155 g/mol. The normalized spacial score (nSPS) is 7.91. The first-order valence-corrected chi connectivity index (χ1v) is 3.25. The van der Waals surface area contributed by atoms with Crippen LogP contribution >= 0.6 is 0 Å². The highest BCUT2D eigenvalue weighted by atomic mass is 16.2. The van der Waals surface area contributed by atoms with Crippen LogP contribution < -0.4 is 0 Å². The minimum Gasteiger partial charge on any atom is -0.351 e. The number of hydrogen-bond donors (Lipinski definition) is 1. The van der Waals surface area contributed by atoms with Gasteiger partial charge in [-0.25, -0.2) is 4.98 Å². The van der Waals surface area contributed by atoms with Gasteiger partial charge in [0, 0.05) is 33.4 Å². The molecule has 1 heterocycles. The Bertz CT molecular complexity index is 164. The van der Waals surface area contributed by atoms with Crippen LogP contribution in [0.4, 0.5) is 0 Å². The lowest BCUT2D eigenvalue weighted by atomic mass is 10.7. The van der Waals surface area contributed by atoms with Crippen LogP contribution in [0.15, 0.2) is 18.7 Å². The number of aromatic amines is 1. The van der Waals surface area contributed by atoms with Crippen molar-refractivity contribution in [1.29, 1.82) is 0 Å². The molecule has 4 heteroatoms. The first-order valence-electron chi connectivity index (χ1n) is 3.25. The molecule has 0 saturated carbocycles. The Labute approximate surface area is 66.2 Å². The predicted molar refractivity (Wildman–Crippen MR) is 43.0 cm³/mol. The molecule has 0 spiro atoms. The van der Waals surface area contributed by atoms with Crippen molar-refractivity contribution in [3.63, 3.8) is 0 Å². The number of carbonyl (C=O) groups is 1. The van der Waals surface area contributed by atoms with E-state index in [0.29, 0.717) is 0 Å². The largest absolute Gasteiger partial charge is 0.351 e. The molecule has 0 aliphatic rings. The van der Waals surface area contributed by atoms with Crippen LogP contribution in [0.3, 0.4) is 0 Å². The van der Waals surface area contributed by atoms with E-state index in [4.69, 9.17) is 0 Å². The van der Waals surface area contributed by atoms with Crippen molar-refractivity contribution < 1.29 is 4.79 Å². The zero-order valence-electron chi connectivity index (χ0n) is 7.03. The van der Waals surface area contributed by atoms with Crippen LogP contribution in [0, 0.1) is 0 Å². The van der Waals surface area contributed by atoms with Gasteiger partial charge in [0.15, 0.2) is 0 Å². The molecule has 1 aromatic rings. The lowest BCUT2D eigenvalue weighted by Crippen LogP contribution is -2.17. The Morgan fingerprint density at radius 3 is 2.18 bits per heavy atom. The van der Waals surface area contributed by atoms with E-state index in [2.05, 4.69) is 9.97 Å². The highest BCUT2D eigenvalue weighted by Gasteiger charge is 1.87. The number of carbonyl (C=O) groups excluding carboxylic acids is 1. The fourth-order valence-corrected chi connectivity index (χ4v) is 0.215. The molecule has 0 aromatic carbocycles. The molecule has 0 aliphatic carbocycles. The van der Waals surface area contributed by atoms with E-state index < -0.39 is 0 Å². The summed E-state index contributed by atoms with van der Waals surface area (Å²) < 4.78 is 0. The summed E-state index contributed by atoms with van der Waals surface area (Å²) in [6, 6.07) is 0. The maximum atomic E-state index is 10.1. The Morgan fingerprint density at radius 1 is 1.55 bits per heavy atom. The second-order valence-corrected chi connectivity index (χ2v) is 2.17. The number of imidazole rings is 1. The summed E-state index contributed by atoms with van der Waals surface area (Å²) in [7, 11) is 3.45. The summed E-state index contributed by atoms with van der Waals surface area (Å²) in [5, 5.41) is 0. The Hall–Kier alpha value is -1.32. The van der Waals surface area contributed by atoms with Crippen molar-refractivity contribution in [2.75, 3.05) is 14.1 Å². The van der Waals surface area contributed by atoms with E-state index >= 15 is 0 Å². The zero-order valence-corrected chi connectivity index (χ0v) is 7.03. The predicted octanol–water partition coefficient (Wildman–Crippen LogP) is 0.504. The summed E-state index contributed by atoms with van der Waals surface area (Å²) >= 11 is 0. The third-order valence-corrected chi connectivity index (χ3v) is 1.04. The number of rotatable bonds is 0. The molecule has 0 bridgehead atoms. The van der Waals surface area contributed by atoms with E-state index in [0.717, 1.165) is 0 Å². The fraction of sp³-hybridized carbons (Fsp3) is 0.429. The molecule has 0 unspecified atom stereocenters. The lowest BCUT2D eigenvalue weighted by molar-refractivity contribution is -0.126. The molecule has 1 amide bonds. The SMILES string of the molecule is CC(=O)N(C)C.c1c[nH]cn1. The summed E-state index contributed by atoms with van der Waals surface area (Å²) in [5.74, 6) is 0.0926. The maximum absolute atomic E-state index is 10.1. The number of amides is 1. The molecule has 11 heavy (non-hydrogen) atoms. The van der Waals surface area contributed by atoms with E-state index in [-0.39, 0.29) is 5.91 Å². The van der Waals surface area contributed by atoms with Crippen LogP contribution in [-0.2, 0) is 4.79 Å². The second-order valence-electron chi connectivity index (χ2n) is 2.17. The average Bonchev–Trinajstić information content (AvgIpc) is 2.41. The van der Waals surface area contributed by atoms with Gasteiger partial charge in [-0.1, -0.05) is 0 Å². The Balaban J connectivity index is 0.000000183. The van der Waals surface area contributed by atoms with Crippen LogP contribution in [0.1, 0.15) is 6.92 Å². The van der Waals surface area contributed by atoms with Crippen molar-refractivity contribution in [1.82, 2.24) is 14.9 Å². The van der Waals surface area contributed by atoms with Crippen LogP contribution in [0.25, 0.3) is 0 Å². The van der Waals surface area contributed by atoms with Gasteiger partial charge in [0.1, 0.15) is 0 Å². The monoisotopic (exact) mass is 155 g/mol. The first-order chi connectivity index (χ1) is 5.14. The van der Waals surface area contributed by atoms with Gasteiger partial charge in [-0.05, 0) is 0 Å². The molecule has 0 radical (unpaired) electrons. The summed E-state index contributed by atoms with van der Waals surface area (Å²) in [4.78, 5) is 18.0. The van der Waals surface area contributed by atoms with Gasteiger partial charge in [-0.2, -0.15) is 0 Å². The molecule has 0 aliphatic heterocycles. The minimum atomic E-state index is 0.0926. The van der Waals surface area contributed by atoms with Crippen LogP contribution in [-0.4, -0.2) is 34.9 Å². The molecule has 62 valence electrons. The minimum absolute atomic E-state index is 0.0926. The molecule has 1 N–H and O–H groups in total. The summed E-state index contributed by atoms with van der Waals surface area (Å²) in [5.41, 5.74) is 0. The van der Waals surface area contributed by atoms with Gasteiger partial charge in [-0.3, -0.25) is 4.79 Å². The number of hydrogen-bond acceptors (Lipinski definition) is 2. The van der Waals surface area contributed by atoms with Gasteiger partial charge in [-0.15, -0.1) is 0 Å². The van der Waals surface area contributed by atoms with E-state index in [1.165, 1.54) is 11.8 Å². The molecule has 1 aromatic heterocycles. The molecule has 1 rings (SSSR count). The fourth-order valence-electron chi connectivity index (χ4n) is 0.215. The number of nitrogens with zero attached hydrogens (tertiary/aromatic N) is 2. The molecule has 0 saturated heterocycles. The third-order valence-electron chi connectivity index (χ3n) is 1.04. The van der Waals surface area contributed by atoms with Gasteiger partial charge in [0.05, 0.1) is 6.33 Å². The zero-order chi connectivity index (χ0) is 8.69. The van der Waals surface area contributed by atoms with E-state index in [9.17, 15) is 4.79 Å². The lowest BCUT2D eigenvalue weighted by Gasteiger charge is -2.02. The Morgan fingerprint density at radius 2 is 2.09 bits per heavy atom. The van der Waals surface area contributed by atoms with Gasteiger partial charge >= 0.3 is 0 Å². The van der Waals surface area contributed by atoms with Crippen molar-refractivity contribution in [3.05, 3.63) is 18.7 Å². The summed E-state index contributed by atoms with van der Waals surface area (Å²) in [6.07, 6.45) is 5.08. The highest BCUT2D eigenvalue weighted by Crippen LogP contribution is 1.69. The van der Waals surface area contributed by atoms with Gasteiger partial charge in [0.25, 0.3) is 0 Å². The van der Waals surface area contributed by atoms with Crippen molar-refractivity contribution in [2.24, 2.45) is 0 Å². The molecule has 0 fully saturated rings. The summed E-state index contributed by atoms with van der Waals surface area (Å²) in [6.45, 7) is 1.53. The highest BCUT2D eigenvalue weighted by molar-refractivity contribution is 5.72. The second kappa shape index (κ2) is 5.46. The number of aromatic nitrogens is 2. The third kappa shape index (κ3) is 6.57. The van der Waals surface area contributed by atoms with Crippen LogP contribution in [0.5, 0.6) is 0 Å². The van der Waals surface area contributed by atoms with E-state index in [1.54, 1.807) is 32.8 Å².